The van der Waals surface area contributed by atoms with Gasteiger partial charge < -0.3 is 10.1 Å². The maximum absolute atomic E-state index is 12.2. The third kappa shape index (κ3) is 5.40. The Labute approximate surface area is 160 Å². The Hall–Kier alpha value is -2.71. The third-order valence-electron chi connectivity index (χ3n) is 3.22. The molecular formula is C17H16ClN3O4S. The highest BCUT2D eigenvalue weighted by atomic mass is 35.5. The number of hydrogen-bond acceptors (Lipinski definition) is 5. The fraction of sp³-hybridized carbons (Fsp3) is 0.176. The second-order valence-corrected chi connectivity index (χ2v) is 6.04. The Morgan fingerprint density at radius 1 is 1.27 bits per heavy atom. The monoisotopic (exact) mass is 393 g/mol. The topological polar surface area (TPSA) is 93.5 Å². The molecule has 0 aliphatic rings. The first-order valence-corrected chi connectivity index (χ1v) is 8.48. The van der Waals surface area contributed by atoms with Gasteiger partial charge in [-0.25, -0.2) is 0 Å². The highest BCUT2D eigenvalue weighted by Crippen LogP contribution is 2.27. The van der Waals surface area contributed by atoms with Gasteiger partial charge in [0.2, 0.25) is 0 Å². The van der Waals surface area contributed by atoms with E-state index < -0.39 is 10.8 Å². The van der Waals surface area contributed by atoms with Crippen molar-refractivity contribution in [2.45, 2.75) is 13.3 Å². The molecule has 0 spiro atoms. The predicted molar refractivity (Wildman–Crippen MR) is 104 cm³/mol. The molecular weight excluding hydrogens is 378 g/mol. The molecule has 7 nitrogen and oxygen atoms in total. The normalized spacial score (nSPS) is 10.1. The van der Waals surface area contributed by atoms with Crippen LogP contribution in [0.2, 0.25) is 5.02 Å². The Morgan fingerprint density at radius 2 is 1.96 bits per heavy atom. The summed E-state index contributed by atoms with van der Waals surface area (Å²) in [7, 11) is 0. The molecule has 1 amide bonds. The Morgan fingerprint density at radius 3 is 2.58 bits per heavy atom. The molecule has 0 saturated carbocycles. The van der Waals surface area contributed by atoms with E-state index >= 15 is 0 Å². The number of halogens is 1. The number of nitro benzene ring substituents is 1. The summed E-state index contributed by atoms with van der Waals surface area (Å²) in [5.74, 6) is 0.224. The highest BCUT2D eigenvalue weighted by molar-refractivity contribution is 7.80. The van der Waals surface area contributed by atoms with Crippen molar-refractivity contribution < 1.29 is 14.5 Å². The van der Waals surface area contributed by atoms with Crippen molar-refractivity contribution in [3.63, 3.8) is 0 Å². The first kappa shape index (κ1) is 19.6. The third-order valence-corrected chi connectivity index (χ3v) is 3.66. The van der Waals surface area contributed by atoms with Crippen LogP contribution in [-0.4, -0.2) is 22.5 Å². The van der Waals surface area contributed by atoms with Gasteiger partial charge in [-0.15, -0.1) is 0 Å². The van der Waals surface area contributed by atoms with E-state index in [1.54, 1.807) is 24.3 Å². The summed E-state index contributed by atoms with van der Waals surface area (Å²) >= 11 is 10.8. The van der Waals surface area contributed by atoms with Crippen LogP contribution in [0.1, 0.15) is 23.7 Å². The molecule has 2 N–H and O–H groups in total. The number of carbonyl (C=O) groups is 1. The Kier molecular flexibility index (Phi) is 6.88. The minimum Gasteiger partial charge on any atom is -0.494 e. The van der Waals surface area contributed by atoms with Gasteiger partial charge >= 0.3 is 0 Å². The van der Waals surface area contributed by atoms with Gasteiger partial charge in [0, 0.05) is 16.7 Å². The van der Waals surface area contributed by atoms with E-state index in [-0.39, 0.29) is 21.5 Å². The van der Waals surface area contributed by atoms with Crippen molar-refractivity contribution in [1.82, 2.24) is 5.32 Å². The SMILES string of the molecule is CCCOc1ccc(C(=O)NC(=S)Nc2ccc(Cl)cc2[N+](=O)[O-])cc1. The molecule has 0 bridgehead atoms. The van der Waals surface area contributed by atoms with Crippen LogP contribution in [0.15, 0.2) is 42.5 Å². The molecule has 2 aromatic rings. The van der Waals surface area contributed by atoms with Gasteiger partial charge in [0.25, 0.3) is 11.6 Å². The maximum Gasteiger partial charge on any atom is 0.294 e. The highest BCUT2D eigenvalue weighted by Gasteiger charge is 2.16. The van der Waals surface area contributed by atoms with Gasteiger partial charge in [-0.3, -0.25) is 20.2 Å². The van der Waals surface area contributed by atoms with Crippen molar-refractivity contribution in [1.29, 1.82) is 0 Å². The fourth-order valence-electron chi connectivity index (χ4n) is 2.01. The Balaban J connectivity index is 2.01. The number of nitrogens with zero attached hydrogens (tertiary/aromatic N) is 1. The van der Waals surface area contributed by atoms with Crippen molar-refractivity contribution in [3.05, 3.63) is 63.2 Å². The maximum atomic E-state index is 12.2. The number of carbonyl (C=O) groups excluding carboxylic acids is 1. The molecule has 2 rings (SSSR count). The molecule has 26 heavy (non-hydrogen) atoms. The minimum atomic E-state index is -0.590. The number of nitro groups is 1. The molecule has 9 heteroatoms. The molecule has 0 heterocycles. The van der Waals surface area contributed by atoms with Gasteiger partial charge in [0.05, 0.1) is 11.5 Å². The van der Waals surface area contributed by atoms with Crippen molar-refractivity contribution in [3.8, 4) is 5.75 Å². The first-order chi connectivity index (χ1) is 12.4. The summed E-state index contributed by atoms with van der Waals surface area (Å²) in [6.07, 6.45) is 0.888. The fourth-order valence-corrected chi connectivity index (χ4v) is 2.38. The number of thiocarbonyl (C=S) groups is 1. The van der Waals surface area contributed by atoms with Crippen LogP contribution >= 0.6 is 23.8 Å². The van der Waals surface area contributed by atoms with Crippen LogP contribution in [0.5, 0.6) is 5.75 Å². The van der Waals surface area contributed by atoms with Gasteiger partial charge in [-0.05, 0) is 55.0 Å². The number of benzene rings is 2. The van der Waals surface area contributed by atoms with E-state index in [0.717, 1.165) is 6.42 Å². The lowest BCUT2D eigenvalue weighted by atomic mass is 10.2. The molecule has 136 valence electrons. The summed E-state index contributed by atoms with van der Waals surface area (Å²) in [6.45, 7) is 2.60. The quantitative estimate of drug-likeness (QED) is 0.434. The second-order valence-electron chi connectivity index (χ2n) is 5.20. The summed E-state index contributed by atoms with van der Waals surface area (Å²) < 4.78 is 5.45. The van der Waals surface area contributed by atoms with E-state index in [1.807, 2.05) is 6.92 Å². The lowest BCUT2D eigenvalue weighted by Crippen LogP contribution is -2.34. The average Bonchev–Trinajstić information content (AvgIpc) is 2.61. The van der Waals surface area contributed by atoms with Crippen LogP contribution in [0.25, 0.3) is 0 Å². The van der Waals surface area contributed by atoms with Crippen LogP contribution < -0.4 is 15.4 Å². The first-order valence-electron chi connectivity index (χ1n) is 7.70. The van der Waals surface area contributed by atoms with Crippen molar-refractivity contribution in [2.75, 3.05) is 11.9 Å². The lowest BCUT2D eigenvalue weighted by Gasteiger charge is -2.10. The summed E-state index contributed by atoms with van der Waals surface area (Å²) in [5, 5.41) is 16.3. The molecule has 0 fully saturated rings. The van der Waals surface area contributed by atoms with E-state index in [2.05, 4.69) is 10.6 Å². The van der Waals surface area contributed by atoms with Gasteiger partial charge in [0.1, 0.15) is 11.4 Å². The largest absolute Gasteiger partial charge is 0.494 e. The molecule has 0 atom stereocenters. The molecule has 0 unspecified atom stereocenters. The summed E-state index contributed by atoms with van der Waals surface area (Å²) in [5.41, 5.74) is 0.267. The second kappa shape index (κ2) is 9.12. The van der Waals surface area contributed by atoms with Gasteiger partial charge in [-0.1, -0.05) is 18.5 Å². The van der Waals surface area contributed by atoms with Crippen LogP contribution in [0, 0.1) is 10.1 Å². The number of nitrogens with one attached hydrogen (secondary N) is 2. The van der Waals surface area contributed by atoms with Crippen LogP contribution in [0.3, 0.4) is 0 Å². The Bertz CT molecular complexity index is 827. The summed E-state index contributed by atoms with van der Waals surface area (Å²) in [6, 6.07) is 10.7. The predicted octanol–water partition coefficient (Wildman–Crippen LogP) is 4.16. The van der Waals surface area contributed by atoms with Gasteiger partial charge in [0.15, 0.2) is 5.11 Å². The molecule has 0 aliphatic heterocycles. The summed E-state index contributed by atoms with van der Waals surface area (Å²) in [4.78, 5) is 22.7. The number of hydrogen-bond donors (Lipinski definition) is 2. The zero-order chi connectivity index (χ0) is 19.1. The van der Waals surface area contributed by atoms with Crippen molar-refractivity contribution in [2.24, 2.45) is 0 Å². The number of rotatable bonds is 6. The van der Waals surface area contributed by atoms with E-state index in [4.69, 9.17) is 28.6 Å². The minimum absolute atomic E-state index is 0.0632. The molecule has 2 aromatic carbocycles. The molecule has 0 aliphatic carbocycles. The zero-order valence-corrected chi connectivity index (χ0v) is 15.4. The zero-order valence-electron chi connectivity index (χ0n) is 13.8. The lowest BCUT2D eigenvalue weighted by molar-refractivity contribution is -0.383. The number of ether oxygens (including phenoxy) is 1. The molecule has 0 saturated heterocycles. The number of amides is 1. The van der Waals surface area contributed by atoms with Crippen LogP contribution in [-0.2, 0) is 0 Å². The number of anilines is 1. The van der Waals surface area contributed by atoms with E-state index in [0.29, 0.717) is 17.9 Å². The smallest absolute Gasteiger partial charge is 0.294 e. The van der Waals surface area contributed by atoms with Crippen LogP contribution in [0.4, 0.5) is 11.4 Å². The van der Waals surface area contributed by atoms with Gasteiger partial charge in [-0.2, -0.15) is 0 Å². The molecule has 0 radical (unpaired) electrons. The molecule has 0 aromatic heterocycles. The average molecular weight is 394 g/mol. The van der Waals surface area contributed by atoms with E-state index in [1.165, 1.54) is 18.2 Å². The van der Waals surface area contributed by atoms with Crippen molar-refractivity contribution >= 4 is 46.2 Å². The van der Waals surface area contributed by atoms with E-state index in [9.17, 15) is 14.9 Å². The standard InChI is InChI=1S/C17H16ClN3O4S/c1-2-9-25-13-6-3-11(4-7-13)16(22)20-17(26)19-14-8-5-12(18)10-15(14)21(23)24/h3-8,10H,2,9H2,1H3,(H2,19,20,22,26).